The molecule has 1 saturated heterocycles. The van der Waals surface area contributed by atoms with Gasteiger partial charge >= 0.3 is 0 Å². The predicted octanol–water partition coefficient (Wildman–Crippen LogP) is 5.85. The van der Waals surface area contributed by atoms with Crippen molar-refractivity contribution >= 4 is 17.5 Å². The van der Waals surface area contributed by atoms with Gasteiger partial charge in [0, 0.05) is 35.6 Å². The van der Waals surface area contributed by atoms with Crippen molar-refractivity contribution in [2.75, 3.05) is 39.2 Å². The summed E-state index contributed by atoms with van der Waals surface area (Å²) in [5.74, 6) is 0.583. The first-order valence-corrected chi connectivity index (χ1v) is 14.6. The second-order valence-corrected chi connectivity index (χ2v) is 11.5. The average molecular weight is 563 g/mol. The second kappa shape index (κ2) is 11.5. The number of benzene rings is 3. The molecule has 0 aliphatic carbocycles. The van der Waals surface area contributed by atoms with Gasteiger partial charge in [-0.1, -0.05) is 42.5 Å². The van der Waals surface area contributed by atoms with Crippen molar-refractivity contribution in [1.29, 1.82) is 0 Å². The maximum Gasteiger partial charge on any atom is 0.270 e. The number of amides is 2. The maximum absolute atomic E-state index is 14.2. The van der Waals surface area contributed by atoms with Crippen LogP contribution in [0.2, 0.25) is 0 Å². The molecule has 1 fully saturated rings. The van der Waals surface area contributed by atoms with Crippen molar-refractivity contribution in [1.82, 2.24) is 14.4 Å². The summed E-state index contributed by atoms with van der Waals surface area (Å²) in [4.78, 5) is 34.0. The molecule has 42 heavy (non-hydrogen) atoms. The molecule has 3 aromatic carbocycles. The number of fused-ring (bicyclic) bond motifs is 2. The summed E-state index contributed by atoms with van der Waals surface area (Å²) in [6.07, 6.45) is 1.95. The van der Waals surface area contributed by atoms with Gasteiger partial charge in [0.05, 0.1) is 20.2 Å². The van der Waals surface area contributed by atoms with Gasteiger partial charge < -0.3 is 24.0 Å². The lowest BCUT2D eigenvalue weighted by molar-refractivity contribution is 0.0649. The SMILES string of the molecule is COc1cc(C(=O)N2Cc3ccc(C(=O)N(C)C4CCN(C)CC4)n3Cc3ccccc32)ccc1-c1ccccc1C. The number of carbonyl (C=O) groups is 2. The van der Waals surface area contributed by atoms with Gasteiger partial charge in [-0.15, -0.1) is 0 Å². The topological polar surface area (TPSA) is 58.0 Å². The summed E-state index contributed by atoms with van der Waals surface area (Å²) in [6.45, 7) is 4.95. The number of hydrogen-bond acceptors (Lipinski definition) is 4. The van der Waals surface area contributed by atoms with E-state index in [2.05, 4.69) is 35.6 Å². The minimum absolute atomic E-state index is 0.0320. The van der Waals surface area contributed by atoms with Crippen LogP contribution in [0.5, 0.6) is 5.75 Å². The molecular weight excluding hydrogens is 524 g/mol. The summed E-state index contributed by atoms with van der Waals surface area (Å²) >= 11 is 0. The van der Waals surface area contributed by atoms with Crippen molar-refractivity contribution in [2.45, 2.75) is 38.9 Å². The van der Waals surface area contributed by atoms with Crippen molar-refractivity contribution in [3.05, 3.63) is 107 Å². The largest absolute Gasteiger partial charge is 0.496 e. The summed E-state index contributed by atoms with van der Waals surface area (Å²) < 4.78 is 7.86. The molecule has 4 aromatic rings. The molecular formula is C35H38N4O3. The Bertz CT molecular complexity index is 1630. The van der Waals surface area contributed by atoms with Crippen LogP contribution in [0.3, 0.4) is 0 Å². The molecule has 0 saturated carbocycles. The number of carbonyl (C=O) groups excluding carboxylic acids is 2. The van der Waals surface area contributed by atoms with E-state index in [9.17, 15) is 9.59 Å². The van der Waals surface area contributed by atoms with Crippen LogP contribution in [-0.4, -0.2) is 66.5 Å². The number of likely N-dealkylation sites (tertiary alicyclic amines) is 1. The third kappa shape index (κ3) is 5.09. The van der Waals surface area contributed by atoms with Crippen LogP contribution in [0.25, 0.3) is 11.1 Å². The van der Waals surface area contributed by atoms with E-state index in [1.165, 1.54) is 0 Å². The highest BCUT2D eigenvalue weighted by atomic mass is 16.5. The zero-order valence-electron chi connectivity index (χ0n) is 24.8. The predicted molar refractivity (Wildman–Crippen MR) is 166 cm³/mol. The standard InChI is InChI=1S/C35H38N4O3/c1-24-9-5-7-11-29(24)30-15-13-25(21-33(30)42-4)34(40)39-23-28-14-16-32(38(28)22-26-10-6-8-12-31(26)39)35(41)37(3)27-17-19-36(2)20-18-27/h5-16,21,27H,17-20,22-23H2,1-4H3. The van der Waals surface area contributed by atoms with E-state index in [0.29, 0.717) is 30.1 Å². The normalized spacial score (nSPS) is 15.5. The number of aryl methyl sites for hydroxylation is 1. The Morgan fingerprint density at radius 3 is 2.38 bits per heavy atom. The fourth-order valence-electron chi connectivity index (χ4n) is 6.33. The van der Waals surface area contributed by atoms with E-state index in [1.807, 2.05) is 83.6 Å². The van der Waals surface area contributed by atoms with E-state index >= 15 is 0 Å². The summed E-state index contributed by atoms with van der Waals surface area (Å²) in [5.41, 5.74) is 7.18. The molecule has 0 N–H and O–H groups in total. The van der Waals surface area contributed by atoms with Crippen molar-refractivity contribution < 1.29 is 14.3 Å². The van der Waals surface area contributed by atoms with Crippen molar-refractivity contribution in [3.63, 3.8) is 0 Å². The molecule has 0 spiro atoms. The second-order valence-electron chi connectivity index (χ2n) is 11.5. The highest BCUT2D eigenvalue weighted by Crippen LogP contribution is 2.35. The number of rotatable bonds is 5. The molecule has 6 rings (SSSR count). The quantitative estimate of drug-likeness (QED) is 0.306. The fourth-order valence-corrected chi connectivity index (χ4v) is 6.33. The Balaban J connectivity index is 1.33. The lowest BCUT2D eigenvalue weighted by Gasteiger charge is -2.35. The molecule has 1 aromatic heterocycles. The lowest BCUT2D eigenvalue weighted by Crippen LogP contribution is -2.45. The molecule has 2 amide bonds. The smallest absolute Gasteiger partial charge is 0.270 e. The van der Waals surface area contributed by atoms with E-state index < -0.39 is 0 Å². The third-order valence-corrected chi connectivity index (χ3v) is 8.91. The van der Waals surface area contributed by atoms with Crippen molar-refractivity contribution in [3.8, 4) is 16.9 Å². The zero-order valence-corrected chi connectivity index (χ0v) is 24.8. The highest BCUT2D eigenvalue weighted by Gasteiger charge is 2.31. The Hall–Kier alpha value is -4.36. The molecule has 216 valence electrons. The Morgan fingerprint density at radius 2 is 1.62 bits per heavy atom. The van der Waals surface area contributed by atoms with Crippen LogP contribution in [0, 0.1) is 6.92 Å². The molecule has 2 aliphatic heterocycles. The lowest BCUT2D eigenvalue weighted by atomic mass is 9.98. The van der Waals surface area contributed by atoms with Crippen LogP contribution in [0.15, 0.2) is 78.9 Å². The number of para-hydroxylation sites is 1. The highest BCUT2D eigenvalue weighted by molar-refractivity contribution is 6.07. The van der Waals surface area contributed by atoms with Gasteiger partial charge in [0.25, 0.3) is 11.8 Å². The minimum Gasteiger partial charge on any atom is -0.496 e. The van der Waals surface area contributed by atoms with E-state index in [1.54, 1.807) is 7.11 Å². The van der Waals surface area contributed by atoms with Crippen LogP contribution >= 0.6 is 0 Å². The number of piperidine rings is 1. The van der Waals surface area contributed by atoms with Gasteiger partial charge in [-0.05, 0) is 93.0 Å². The van der Waals surface area contributed by atoms with Gasteiger partial charge in [0.2, 0.25) is 0 Å². The molecule has 0 bridgehead atoms. The fraction of sp³-hybridized carbons (Fsp3) is 0.314. The first-order valence-electron chi connectivity index (χ1n) is 14.6. The van der Waals surface area contributed by atoms with Crippen molar-refractivity contribution in [2.24, 2.45) is 0 Å². The molecule has 7 heteroatoms. The monoisotopic (exact) mass is 562 g/mol. The number of ether oxygens (including phenoxy) is 1. The molecule has 2 aliphatic rings. The molecule has 0 atom stereocenters. The first-order chi connectivity index (χ1) is 20.4. The van der Waals surface area contributed by atoms with Crippen LogP contribution < -0.4 is 9.64 Å². The number of aromatic nitrogens is 1. The Morgan fingerprint density at radius 1 is 0.881 bits per heavy atom. The Labute approximate surface area is 247 Å². The van der Waals surface area contributed by atoms with Gasteiger partial charge in [-0.25, -0.2) is 0 Å². The Kier molecular flexibility index (Phi) is 7.60. The zero-order chi connectivity index (χ0) is 29.4. The molecule has 0 unspecified atom stereocenters. The summed E-state index contributed by atoms with van der Waals surface area (Å²) in [6, 6.07) is 26.0. The number of hydrogen-bond donors (Lipinski definition) is 0. The van der Waals surface area contributed by atoms with Crippen LogP contribution in [0.4, 0.5) is 5.69 Å². The van der Waals surface area contributed by atoms with E-state index in [-0.39, 0.29) is 17.9 Å². The maximum atomic E-state index is 14.2. The number of anilines is 1. The van der Waals surface area contributed by atoms with Gasteiger partial charge in [0.15, 0.2) is 0 Å². The summed E-state index contributed by atoms with van der Waals surface area (Å²) in [7, 11) is 5.69. The third-order valence-electron chi connectivity index (χ3n) is 8.91. The van der Waals surface area contributed by atoms with E-state index in [4.69, 9.17) is 4.74 Å². The average Bonchev–Trinajstić information content (AvgIpc) is 3.33. The molecule has 3 heterocycles. The minimum atomic E-state index is -0.108. The van der Waals surface area contributed by atoms with Gasteiger partial charge in [-0.2, -0.15) is 0 Å². The molecule has 7 nitrogen and oxygen atoms in total. The van der Waals surface area contributed by atoms with Crippen LogP contribution in [0.1, 0.15) is 50.5 Å². The number of methoxy groups -OCH3 is 1. The van der Waals surface area contributed by atoms with E-state index in [0.717, 1.165) is 59.6 Å². The summed E-state index contributed by atoms with van der Waals surface area (Å²) in [5, 5.41) is 0. The van der Waals surface area contributed by atoms with Crippen LogP contribution in [-0.2, 0) is 13.1 Å². The molecule has 0 radical (unpaired) electrons. The first kappa shape index (κ1) is 27.8. The van der Waals surface area contributed by atoms with Gasteiger partial charge in [0.1, 0.15) is 11.4 Å². The van der Waals surface area contributed by atoms with Gasteiger partial charge in [-0.3, -0.25) is 9.59 Å². The number of nitrogens with zero attached hydrogens (tertiary/aromatic N) is 4.